The van der Waals surface area contributed by atoms with Gasteiger partial charge < -0.3 is 0 Å². The zero-order valence-corrected chi connectivity index (χ0v) is 11.2. The second-order valence-corrected chi connectivity index (χ2v) is 5.38. The number of carbonyl (C=O) groups excluding carboxylic acids is 1. The van der Waals surface area contributed by atoms with Crippen LogP contribution in [0.3, 0.4) is 0 Å². The first kappa shape index (κ1) is 13.7. The van der Waals surface area contributed by atoms with Crippen LogP contribution in [0.25, 0.3) is 0 Å². The minimum Gasteiger partial charge on any atom is -0.295 e. The van der Waals surface area contributed by atoms with Crippen LogP contribution in [0.4, 0.5) is 5.69 Å². The van der Waals surface area contributed by atoms with Crippen molar-refractivity contribution < 1.29 is 9.72 Å². The van der Waals surface area contributed by atoms with E-state index in [-0.39, 0.29) is 11.5 Å². The van der Waals surface area contributed by atoms with Gasteiger partial charge in [-0.2, -0.15) is 0 Å². The van der Waals surface area contributed by atoms with Crippen molar-refractivity contribution in [2.75, 3.05) is 19.6 Å². The number of rotatable bonds is 4. The van der Waals surface area contributed by atoms with Gasteiger partial charge in [0.15, 0.2) is 5.78 Å². The molecule has 1 aromatic carbocycles. The van der Waals surface area contributed by atoms with E-state index >= 15 is 0 Å². The van der Waals surface area contributed by atoms with E-state index in [0.717, 1.165) is 13.1 Å². The summed E-state index contributed by atoms with van der Waals surface area (Å²) >= 11 is 0. The summed E-state index contributed by atoms with van der Waals surface area (Å²) in [4.78, 5) is 24.3. The molecule has 1 aromatic rings. The molecule has 0 aromatic heterocycles. The van der Waals surface area contributed by atoms with Crippen LogP contribution in [0.15, 0.2) is 24.3 Å². The van der Waals surface area contributed by atoms with Crippen molar-refractivity contribution in [3.8, 4) is 0 Å². The van der Waals surface area contributed by atoms with Gasteiger partial charge in [0.1, 0.15) is 0 Å². The van der Waals surface area contributed by atoms with Crippen LogP contribution < -0.4 is 0 Å². The molecule has 0 spiro atoms. The Bertz CT molecular complexity index is 474. The number of non-ortho nitro benzene ring substituents is 1. The molecular formula is C14H18N2O3. The minimum atomic E-state index is -0.460. The lowest BCUT2D eigenvalue weighted by Crippen LogP contribution is -2.28. The third-order valence-electron chi connectivity index (χ3n) is 3.83. The summed E-state index contributed by atoms with van der Waals surface area (Å²) in [7, 11) is 0. The topological polar surface area (TPSA) is 63.5 Å². The Balaban J connectivity index is 1.98. The number of ketones is 1. The van der Waals surface area contributed by atoms with E-state index in [1.54, 1.807) is 0 Å². The average Bonchev–Trinajstić information content (AvgIpc) is 2.68. The maximum atomic E-state index is 12.1. The first-order valence-electron chi connectivity index (χ1n) is 6.47. The molecule has 1 heterocycles. The van der Waals surface area contributed by atoms with Gasteiger partial charge in [0.2, 0.25) is 0 Å². The van der Waals surface area contributed by atoms with Crippen LogP contribution >= 0.6 is 0 Å². The Hall–Kier alpha value is -1.75. The van der Waals surface area contributed by atoms with Crippen LogP contribution in [0.5, 0.6) is 0 Å². The van der Waals surface area contributed by atoms with Crippen molar-refractivity contribution in [3.05, 3.63) is 39.9 Å². The van der Waals surface area contributed by atoms with Gasteiger partial charge in [-0.1, -0.05) is 13.8 Å². The largest absolute Gasteiger partial charge is 0.295 e. The molecule has 1 aliphatic heterocycles. The number of Topliss-reactive ketones (excluding diaryl/α,β-unsaturated/α-hetero) is 1. The fourth-order valence-corrected chi connectivity index (χ4v) is 2.44. The number of carbonyl (C=O) groups is 1. The summed E-state index contributed by atoms with van der Waals surface area (Å²) in [6.45, 7) is 6.67. The van der Waals surface area contributed by atoms with Gasteiger partial charge in [-0.3, -0.25) is 19.8 Å². The molecule has 0 N–H and O–H groups in total. The maximum absolute atomic E-state index is 12.1. The fraction of sp³-hybridized carbons (Fsp3) is 0.500. The maximum Gasteiger partial charge on any atom is 0.269 e. The molecule has 5 heteroatoms. The molecule has 2 rings (SSSR count). The summed E-state index contributed by atoms with van der Waals surface area (Å²) in [6.07, 6.45) is 0. The van der Waals surface area contributed by atoms with Crippen LogP contribution in [-0.4, -0.2) is 35.2 Å². The summed E-state index contributed by atoms with van der Waals surface area (Å²) in [5.74, 6) is 1.26. The lowest BCUT2D eigenvalue weighted by atomic mass is 10.0. The highest BCUT2D eigenvalue weighted by Gasteiger charge is 2.27. The number of nitrogens with zero attached hydrogens (tertiary/aromatic N) is 2. The quantitative estimate of drug-likeness (QED) is 0.474. The molecule has 1 fully saturated rings. The van der Waals surface area contributed by atoms with Crippen LogP contribution in [-0.2, 0) is 0 Å². The molecule has 0 amide bonds. The van der Waals surface area contributed by atoms with E-state index in [0.29, 0.717) is 23.9 Å². The summed E-state index contributed by atoms with van der Waals surface area (Å²) in [5, 5.41) is 10.5. The molecule has 5 nitrogen and oxygen atoms in total. The minimum absolute atomic E-state index is 0.0139. The Labute approximate surface area is 112 Å². The molecule has 2 atom stereocenters. The normalized spacial score (nSPS) is 23.5. The molecule has 2 unspecified atom stereocenters. The molecular weight excluding hydrogens is 244 g/mol. The highest BCUT2D eigenvalue weighted by molar-refractivity contribution is 5.97. The van der Waals surface area contributed by atoms with E-state index in [4.69, 9.17) is 0 Å². The Kier molecular flexibility index (Phi) is 3.95. The van der Waals surface area contributed by atoms with Gasteiger partial charge in [-0.25, -0.2) is 0 Å². The van der Waals surface area contributed by atoms with Crippen LogP contribution in [0.1, 0.15) is 24.2 Å². The standard InChI is InChI=1S/C14H18N2O3/c1-10-7-15(8-11(10)2)9-14(17)12-3-5-13(6-4-12)16(18)19/h3-6,10-11H,7-9H2,1-2H3. The molecule has 0 radical (unpaired) electrons. The van der Waals surface area contributed by atoms with Crippen molar-refractivity contribution in [1.82, 2.24) is 4.90 Å². The van der Waals surface area contributed by atoms with Gasteiger partial charge in [0.05, 0.1) is 11.5 Å². The van der Waals surface area contributed by atoms with Crippen LogP contribution in [0, 0.1) is 22.0 Å². The zero-order chi connectivity index (χ0) is 14.0. The molecule has 1 saturated heterocycles. The highest BCUT2D eigenvalue weighted by atomic mass is 16.6. The van der Waals surface area contributed by atoms with Gasteiger partial charge in [0, 0.05) is 30.8 Å². The SMILES string of the molecule is CC1CN(CC(=O)c2ccc([N+](=O)[O-])cc2)CC1C. The van der Waals surface area contributed by atoms with Crippen molar-refractivity contribution in [2.24, 2.45) is 11.8 Å². The van der Waals surface area contributed by atoms with E-state index in [2.05, 4.69) is 18.7 Å². The van der Waals surface area contributed by atoms with E-state index in [1.165, 1.54) is 24.3 Å². The molecule has 102 valence electrons. The van der Waals surface area contributed by atoms with Gasteiger partial charge >= 0.3 is 0 Å². The van der Waals surface area contributed by atoms with E-state index in [9.17, 15) is 14.9 Å². The monoisotopic (exact) mass is 262 g/mol. The number of hydrogen-bond acceptors (Lipinski definition) is 4. The van der Waals surface area contributed by atoms with E-state index in [1.807, 2.05) is 0 Å². The number of nitro groups is 1. The van der Waals surface area contributed by atoms with Crippen molar-refractivity contribution >= 4 is 11.5 Å². The highest BCUT2D eigenvalue weighted by Crippen LogP contribution is 2.22. The second-order valence-electron chi connectivity index (χ2n) is 5.38. The number of hydrogen-bond donors (Lipinski definition) is 0. The summed E-state index contributed by atoms with van der Waals surface area (Å²) < 4.78 is 0. The molecule has 19 heavy (non-hydrogen) atoms. The first-order valence-corrected chi connectivity index (χ1v) is 6.47. The predicted molar refractivity (Wildman–Crippen MR) is 72.2 cm³/mol. The third-order valence-corrected chi connectivity index (χ3v) is 3.83. The average molecular weight is 262 g/mol. The lowest BCUT2D eigenvalue weighted by Gasteiger charge is -2.14. The number of nitro benzene ring substituents is 1. The smallest absolute Gasteiger partial charge is 0.269 e. The number of benzene rings is 1. The summed E-state index contributed by atoms with van der Waals surface area (Å²) in [5.41, 5.74) is 0.553. The summed E-state index contributed by atoms with van der Waals surface area (Å²) in [6, 6.07) is 5.82. The second kappa shape index (κ2) is 5.48. The first-order chi connectivity index (χ1) is 8.97. The Morgan fingerprint density at radius 2 is 1.79 bits per heavy atom. The van der Waals surface area contributed by atoms with E-state index < -0.39 is 4.92 Å². The molecule has 0 saturated carbocycles. The molecule has 1 aliphatic rings. The Morgan fingerprint density at radius 1 is 1.26 bits per heavy atom. The van der Waals surface area contributed by atoms with Gasteiger partial charge in [0.25, 0.3) is 5.69 Å². The van der Waals surface area contributed by atoms with Crippen molar-refractivity contribution in [2.45, 2.75) is 13.8 Å². The number of likely N-dealkylation sites (tertiary alicyclic amines) is 1. The van der Waals surface area contributed by atoms with Gasteiger partial charge in [-0.05, 0) is 24.0 Å². The van der Waals surface area contributed by atoms with Crippen molar-refractivity contribution in [3.63, 3.8) is 0 Å². The van der Waals surface area contributed by atoms with Crippen LogP contribution in [0.2, 0.25) is 0 Å². The molecule has 0 aliphatic carbocycles. The molecule has 0 bridgehead atoms. The third kappa shape index (κ3) is 3.17. The zero-order valence-electron chi connectivity index (χ0n) is 11.2. The Morgan fingerprint density at radius 3 is 2.26 bits per heavy atom. The predicted octanol–water partition coefficient (Wildman–Crippen LogP) is 2.37. The van der Waals surface area contributed by atoms with Gasteiger partial charge in [-0.15, -0.1) is 0 Å². The fourth-order valence-electron chi connectivity index (χ4n) is 2.44. The lowest BCUT2D eigenvalue weighted by molar-refractivity contribution is -0.384. The van der Waals surface area contributed by atoms with Crippen molar-refractivity contribution in [1.29, 1.82) is 0 Å².